The highest BCUT2D eigenvalue weighted by atomic mass is 32.1. The first-order valence-corrected chi connectivity index (χ1v) is 5.83. The molecule has 0 aliphatic carbocycles. The molecule has 1 atom stereocenters. The zero-order chi connectivity index (χ0) is 13.7. The smallest absolute Gasteiger partial charge is 0.387 e. The standard InChI is InChI=1S/C10H11F2NO4S/c1-5(9(15)16)4-13-8(14)7-6(2-3-18-7)17-10(11)12/h2-3,5,10H,4H2,1H3,(H,13,14)(H,15,16). The molecule has 0 saturated heterocycles. The Kier molecular flexibility index (Phi) is 5.02. The number of carboxylic acid groups (broad SMARTS) is 1. The summed E-state index contributed by atoms with van der Waals surface area (Å²) < 4.78 is 28.2. The van der Waals surface area contributed by atoms with Crippen LogP contribution < -0.4 is 10.1 Å². The van der Waals surface area contributed by atoms with Gasteiger partial charge >= 0.3 is 12.6 Å². The Morgan fingerprint density at radius 2 is 2.22 bits per heavy atom. The summed E-state index contributed by atoms with van der Waals surface area (Å²) in [4.78, 5) is 22.1. The van der Waals surface area contributed by atoms with Gasteiger partial charge in [0, 0.05) is 6.54 Å². The molecular formula is C10H11F2NO4S. The fraction of sp³-hybridized carbons (Fsp3) is 0.400. The van der Waals surface area contributed by atoms with E-state index in [1.54, 1.807) is 0 Å². The molecule has 8 heteroatoms. The van der Waals surface area contributed by atoms with E-state index < -0.39 is 24.4 Å². The van der Waals surface area contributed by atoms with Gasteiger partial charge in [-0.3, -0.25) is 9.59 Å². The van der Waals surface area contributed by atoms with Crippen molar-refractivity contribution in [3.05, 3.63) is 16.3 Å². The third-order valence-corrected chi connectivity index (χ3v) is 2.94. The molecule has 0 bridgehead atoms. The first-order valence-electron chi connectivity index (χ1n) is 4.95. The molecule has 18 heavy (non-hydrogen) atoms. The Hall–Kier alpha value is -1.70. The highest BCUT2D eigenvalue weighted by Gasteiger charge is 2.19. The van der Waals surface area contributed by atoms with Crippen LogP contribution >= 0.6 is 11.3 Å². The van der Waals surface area contributed by atoms with Crippen LogP contribution in [0.3, 0.4) is 0 Å². The van der Waals surface area contributed by atoms with Crippen LogP contribution in [-0.4, -0.2) is 30.1 Å². The Bertz CT molecular complexity index is 435. The summed E-state index contributed by atoms with van der Waals surface area (Å²) in [5, 5.41) is 12.4. The second kappa shape index (κ2) is 6.29. The minimum absolute atomic E-state index is 0.00658. The Morgan fingerprint density at radius 1 is 1.56 bits per heavy atom. The summed E-state index contributed by atoms with van der Waals surface area (Å²) in [6.07, 6.45) is 0. The van der Waals surface area contributed by atoms with Gasteiger partial charge in [0.15, 0.2) is 0 Å². The molecule has 0 radical (unpaired) electrons. The number of carbonyl (C=O) groups is 2. The number of hydrogen-bond acceptors (Lipinski definition) is 4. The average Bonchev–Trinajstić information content (AvgIpc) is 2.72. The molecule has 1 aromatic heterocycles. The third kappa shape index (κ3) is 3.95. The predicted molar refractivity (Wildman–Crippen MR) is 60.1 cm³/mol. The molecule has 5 nitrogen and oxygen atoms in total. The van der Waals surface area contributed by atoms with Crippen LogP contribution in [0.4, 0.5) is 8.78 Å². The molecular weight excluding hydrogens is 268 g/mol. The van der Waals surface area contributed by atoms with E-state index in [-0.39, 0.29) is 17.2 Å². The van der Waals surface area contributed by atoms with Crippen LogP contribution in [-0.2, 0) is 4.79 Å². The van der Waals surface area contributed by atoms with Crippen LogP contribution in [0.25, 0.3) is 0 Å². The number of nitrogens with one attached hydrogen (secondary N) is 1. The maximum atomic E-state index is 12.0. The van der Waals surface area contributed by atoms with Gasteiger partial charge in [0.1, 0.15) is 10.6 Å². The number of amides is 1. The van der Waals surface area contributed by atoms with Gasteiger partial charge in [-0.05, 0) is 11.4 Å². The summed E-state index contributed by atoms with van der Waals surface area (Å²) >= 11 is 0.942. The zero-order valence-electron chi connectivity index (χ0n) is 9.35. The van der Waals surface area contributed by atoms with Crippen molar-refractivity contribution in [3.8, 4) is 5.75 Å². The lowest BCUT2D eigenvalue weighted by Crippen LogP contribution is -2.31. The van der Waals surface area contributed by atoms with Gasteiger partial charge in [-0.25, -0.2) is 0 Å². The Labute approximate surface area is 105 Å². The average molecular weight is 279 g/mol. The van der Waals surface area contributed by atoms with Gasteiger partial charge in [-0.15, -0.1) is 11.3 Å². The highest BCUT2D eigenvalue weighted by molar-refractivity contribution is 7.12. The molecule has 2 N–H and O–H groups in total. The van der Waals surface area contributed by atoms with Crippen molar-refractivity contribution < 1.29 is 28.2 Å². The van der Waals surface area contributed by atoms with E-state index in [1.165, 1.54) is 18.4 Å². The van der Waals surface area contributed by atoms with E-state index in [4.69, 9.17) is 5.11 Å². The number of aliphatic carboxylic acids is 1. The second-order valence-electron chi connectivity index (χ2n) is 3.44. The molecule has 0 spiro atoms. The topological polar surface area (TPSA) is 75.6 Å². The first-order chi connectivity index (χ1) is 8.41. The normalized spacial score (nSPS) is 12.2. The molecule has 1 aromatic rings. The molecule has 0 aliphatic heterocycles. The number of thiophene rings is 1. The summed E-state index contributed by atoms with van der Waals surface area (Å²) in [5.41, 5.74) is 0. The molecule has 1 amide bonds. The monoisotopic (exact) mass is 279 g/mol. The van der Waals surface area contributed by atoms with Gasteiger partial charge in [0.2, 0.25) is 0 Å². The first kappa shape index (κ1) is 14.4. The van der Waals surface area contributed by atoms with Crippen LogP contribution in [0.2, 0.25) is 0 Å². The molecule has 1 rings (SSSR count). The van der Waals surface area contributed by atoms with E-state index in [1.807, 2.05) is 0 Å². The van der Waals surface area contributed by atoms with E-state index in [0.717, 1.165) is 11.3 Å². The van der Waals surface area contributed by atoms with Gasteiger partial charge < -0.3 is 15.2 Å². The number of carboxylic acids is 1. The zero-order valence-corrected chi connectivity index (χ0v) is 10.2. The maximum absolute atomic E-state index is 12.0. The van der Waals surface area contributed by atoms with Crippen molar-refractivity contribution >= 4 is 23.2 Å². The van der Waals surface area contributed by atoms with E-state index in [9.17, 15) is 18.4 Å². The van der Waals surface area contributed by atoms with Gasteiger partial charge in [-0.1, -0.05) is 6.92 Å². The second-order valence-corrected chi connectivity index (χ2v) is 4.36. The van der Waals surface area contributed by atoms with Crippen molar-refractivity contribution in [2.45, 2.75) is 13.5 Å². The maximum Gasteiger partial charge on any atom is 0.387 e. The molecule has 100 valence electrons. The van der Waals surface area contributed by atoms with E-state index >= 15 is 0 Å². The molecule has 0 fully saturated rings. The number of halogens is 2. The number of carbonyl (C=O) groups excluding carboxylic acids is 1. The number of rotatable bonds is 6. The van der Waals surface area contributed by atoms with Crippen LogP contribution in [0.1, 0.15) is 16.6 Å². The van der Waals surface area contributed by atoms with Crippen LogP contribution in [0, 0.1) is 5.92 Å². The lowest BCUT2D eigenvalue weighted by atomic mass is 10.2. The largest absolute Gasteiger partial charge is 0.481 e. The summed E-state index contributed by atoms with van der Waals surface area (Å²) in [6.45, 7) is -1.67. The number of hydrogen-bond donors (Lipinski definition) is 2. The van der Waals surface area contributed by atoms with Crippen molar-refractivity contribution in [2.24, 2.45) is 5.92 Å². The minimum Gasteiger partial charge on any atom is -0.481 e. The van der Waals surface area contributed by atoms with Crippen molar-refractivity contribution in [2.75, 3.05) is 6.54 Å². The third-order valence-electron chi connectivity index (χ3n) is 2.04. The molecule has 1 unspecified atom stereocenters. The Morgan fingerprint density at radius 3 is 2.78 bits per heavy atom. The predicted octanol–water partition coefficient (Wildman–Crippen LogP) is 1.80. The number of alkyl halides is 2. The van der Waals surface area contributed by atoms with Crippen molar-refractivity contribution in [1.29, 1.82) is 0 Å². The highest BCUT2D eigenvalue weighted by Crippen LogP contribution is 2.26. The summed E-state index contributed by atoms with van der Waals surface area (Å²) in [7, 11) is 0. The Balaban J connectivity index is 2.61. The van der Waals surface area contributed by atoms with E-state index in [2.05, 4.69) is 10.1 Å². The van der Waals surface area contributed by atoms with Crippen molar-refractivity contribution in [1.82, 2.24) is 5.32 Å². The lowest BCUT2D eigenvalue weighted by molar-refractivity contribution is -0.140. The molecule has 0 saturated carbocycles. The fourth-order valence-electron chi connectivity index (χ4n) is 1.07. The van der Waals surface area contributed by atoms with Crippen molar-refractivity contribution in [3.63, 3.8) is 0 Å². The fourth-order valence-corrected chi connectivity index (χ4v) is 1.80. The quantitative estimate of drug-likeness (QED) is 0.832. The summed E-state index contributed by atoms with van der Waals surface area (Å²) in [5.74, 6) is -2.65. The van der Waals surface area contributed by atoms with E-state index in [0.29, 0.717) is 0 Å². The lowest BCUT2D eigenvalue weighted by Gasteiger charge is -2.09. The van der Waals surface area contributed by atoms with Gasteiger partial charge in [0.05, 0.1) is 5.92 Å². The molecule has 0 aliphatic rings. The van der Waals surface area contributed by atoms with Gasteiger partial charge in [0.25, 0.3) is 5.91 Å². The minimum atomic E-state index is -3.01. The van der Waals surface area contributed by atoms with Crippen LogP contribution in [0.15, 0.2) is 11.4 Å². The molecule has 0 aromatic carbocycles. The summed E-state index contributed by atoms with van der Waals surface area (Å²) in [6, 6.07) is 1.26. The number of ether oxygens (including phenoxy) is 1. The SMILES string of the molecule is CC(CNC(=O)c1sccc1OC(F)F)C(=O)O. The van der Waals surface area contributed by atoms with Gasteiger partial charge in [-0.2, -0.15) is 8.78 Å². The molecule has 1 heterocycles. The van der Waals surface area contributed by atoms with Crippen LogP contribution in [0.5, 0.6) is 5.75 Å².